The molecule has 0 fully saturated rings. The first-order valence-corrected chi connectivity index (χ1v) is 10.8. The Morgan fingerprint density at radius 3 is 2.67 bits per heavy atom. The number of anilines is 1. The molecule has 30 heavy (non-hydrogen) atoms. The van der Waals surface area contributed by atoms with Gasteiger partial charge in [0.15, 0.2) is 5.17 Å². The number of nitrogens with two attached hydrogens (primary N) is 1. The topological polar surface area (TPSA) is 94.5 Å². The van der Waals surface area contributed by atoms with Gasteiger partial charge in [-0.15, -0.1) is 0 Å². The highest BCUT2D eigenvalue weighted by atomic mass is 79.9. The van der Waals surface area contributed by atoms with Crippen molar-refractivity contribution >= 4 is 44.5 Å². The summed E-state index contributed by atoms with van der Waals surface area (Å²) in [5.74, 6) is 0.0480. The zero-order valence-electron chi connectivity index (χ0n) is 16.3. The molecule has 0 saturated carbocycles. The lowest BCUT2D eigenvalue weighted by Gasteiger charge is -2.35. The summed E-state index contributed by atoms with van der Waals surface area (Å²) >= 11 is 4.81. The number of nitriles is 1. The summed E-state index contributed by atoms with van der Waals surface area (Å²) in [6.07, 6.45) is 0. The number of thioether (sulfide) groups is 1. The van der Waals surface area contributed by atoms with Crippen LogP contribution >= 0.6 is 27.7 Å². The molecule has 2 aliphatic rings. The Balaban J connectivity index is 1.84. The molecule has 0 radical (unpaired) electrons. The Hall–Kier alpha value is -3.02. The van der Waals surface area contributed by atoms with E-state index in [1.807, 2.05) is 62.4 Å². The maximum absolute atomic E-state index is 13.4. The number of carbonyl (C=O) groups is 1. The van der Waals surface area contributed by atoms with Crippen LogP contribution in [0.4, 0.5) is 5.69 Å². The molecule has 1 atom stereocenters. The van der Waals surface area contributed by atoms with E-state index in [0.717, 1.165) is 15.6 Å². The standard InChI is InChI=1S/C22H18BrN5OS/c1-12-8-9-14(10-16(12)23)19-18(21(29)27-15-6-4-3-5-7-15)13(2)26-22-28(19)20(25)17(11-24)30-22/h3-10,19H,25H2,1-2H3,(H,27,29)/t19-/m0/s1. The van der Waals surface area contributed by atoms with Crippen molar-refractivity contribution in [1.29, 1.82) is 5.26 Å². The quantitative estimate of drug-likeness (QED) is 0.660. The summed E-state index contributed by atoms with van der Waals surface area (Å²) in [5.41, 5.74) is 10.0. The van der Waals surface area contributed by atoms with Crippen LogP contribution in [-0.2, 0) is 4.79 Å². The van der Waals surface area contributed by atoms with Crippen molar-refractivity contribution < 1.29 is 4.79 Å². The normalized spacial score (nSPS) is 18.1. The second-order valence-corrected chi connectivity index (χ2v) is 8.75. The number of carbonyl (C=O) groups excluding carboxylic acids is 1. The number of para-hydroxylation sites is 1. The van der Waals surface area contributed by atoms with Crippen LogP contribution in [0.2, 0.25) is 0 Å². The Labute approximate surface area is 187 Å². The highest BCUT2D eigenvalue weighted by Gasteiger charge is 2.42. The van der Waals surface area contributed by atoms with Gasteiger partial charge in [0.2, 0.25) is 0 Å². The average Bonchev–Trinajstić information content (AvgIpc) is 3.05. The molecule has 0 aliphatic carbocycles. The first kappa shape index (κ1) is 20.3. The van der Waals surface area contributed by atoms with Crippen LogP contribution in [0.1, 0.15) is 24.1 Å². The van der Waals surface area contributed by atoms with Gasteiger partial charge in [0, 0.05) is 10.2 Å². The lowest BCUT2D eigenvalue weighted by molar-refractivity contribution is -0.113. The van der Waals surface area contributed by atoms with E-state index >= 15 is 0 Å². The van der Waals surface area contributed by atoms with Gasteiger partial charge in [0.05, 0.1) is 17.3 Å². The lowest BCUT2D eigenvalue weighted by atomic mass is 9.93. The number of benzene rings is 2. The van der Waals surface area contributed by atoms with Gasteiger partial charge < -0.3 is 11.1 Å². The van der Waals surface area contributed by atoms with E-state index in [-0.39, 0.29) is 5.91 Å². The van der Waals surface area contributed by atoms with Crippen molar-refractivity contribution in [2.24, 2.45) is 10.7 Å². The molecule has 4 rings (SSSR count). The molecule has 2 aliphatic heterocycles. The molecule has 0 saturated heterocycles. The maximum Gasteiger partial charge on any atom is 0.255 e. The molecule has 6 nitrogen and oxygen atoms in total. The minimum absolute atomic E-state index is 0.258. The highest BCUT2D eigenvalue weighted by molar-refractivity contribution is 9.10. The van der Waals surface area contributed by atoms with Gasteiger partial charge in [-0.05, 0) is 54.9 Å². The van der Waals surface area contributed by atoms with Crippen molar-refractivity contribution in [3.63, 3.8) is 0 Å². The van der Waals surface area contributed by atoms with Gasteiger partial charge in [-0.25, -0.2) is 4.99 Å². The lowest BCUT2D eigenvalue weighted by Crippen LogP contribution is -2.39. The monoisotopic (exact) mass is 479 g/mol. The molecule has 0 unspecified atom stereocenters. The SMILES string of the molecule is CC1=C(C(=O)Nc2ccccc2)[C@H](c2ccc(C)c(Br)c2)N2C(=N1)SC(C#N)=C2N. The van der Waals surface area contributed by atoms with Crippen molar-refractivity contribution in [3.8, 4) is 6.07 Å². The summed E-state index contributed by atoms with van der Waals surface area (Å²) in [7, 11) is 0. The van der Waals surface area contributed by atoms with E-state index in [2.05, 4.69) is 32.3 Å². The molecule has 0 aromatic heterocycles. The zero-order chi connectivity index (χ0) is 21.4. The second-order valence-electron chi connectivity index (χ2n) is 6.92. The largest absolute Gasteiger partial charge is 0.383 e. The second kappa shape index (κ2) is 8.01. The third kappa shape index (κ3) is 3.51. The molecule has 3 N–H and O–H groups in total. The van der Waals surface area contributed by atoms with E-state index in [9.17, 15) is 10.1 Å². The number of amides is 1. The van der Waals surface area contributed by atoms with E-state index in [0.29, 0.717) is 32.9 Å². The van der Waals surface area contributed by atoms with E-state index < -0.39 is 6.04 Å². The first-order chi connectivity index (χ1) is 14.4. The number of halogens is 1. The van der Waals surface area contributed by atoms with Crippen molar-refractivity contribution in [2.75, 3.05) is 5.32 Å². The minimum Gasteiger partial charge on any atom is -0.383 e. The van der Waals surface area contributed by atoms with Gasteiger partial charge in [-0.2, -0.15) is 5.26 Å². The van der Waals surface area contributed by atoms with Gasteiger partial charge >= 0.3 is 0 Å². The summed E-state index contributed by atoms with van der Waals surface area (Å²) in [6.45, 7) is 3.81. The number of fused-ring (bicyclic) bond motifs is 1. The van der Waals surface area contributed by atoms with Crippen LogP contribution in [-0.4, -0.2) is 16.0 Å². The van der Waals surface area contributed by atoms with Gasteiger partial charge in [-0.1, -0.05) is 46.3 Å². The van der Waals surface area contributed by atoms with E-state index in [1.54, 1.807) is 4.90 Å². The van der Waals surface area contributed by atoms with Gasteiger partial charge in [0.1, 0.15) is 16.8 Å². The van der Waals surface area contributed by atoms with E-state index in [1.165, 1.54) is 11.8 Å². The molecule has 0 bridgehead atoms. The molecule has 2 aromatic carbocycles. The van der Waals surface area contributed by atoms with Crippen LogP contribution in [0.15, 0.2) is 80.0 Å². The summed E-state index contributed by atoms with van der Waals surface area (Å²) < 4.78 is 0.930. The fraction of sp³-hybridized carbons (Fsp3) is 0.136. The molecule has 0 spiro atoms. The summed E-state index contributed by atoms with van der Waals surface area (Å²) in [6, 6.07) is 16.8. The minimum atomic E-state index is -0.503. The number of hydrogen-bond donors (Lipinski definition) is 2. The number of rotatable bonds is 3. The maximum atomic E-state index is 13.4. The predicted molar refractivity (Wildman–Crippen MR) is 123 cm³/mol. The Bertz CT molecular complexity index is 1180. The smallest absolute Gasteiger partial charge is 0.255 e. The van der Waals surface area contributed by atoms with Crippen molar-refractivity contribution in [3.05, 3.63) is 86.1 Å². The van der Waals surface area contributed by atoms with Crippen LogP contribution in [0.3, 0.4) is 0 Å². The average molecular weight is 480 g/mol. The van der Waals surface area contributed by atoms with Gasteiger partial charge in [-0.3, -0.25) is 9.69 Å². The predicted octanol–water partition coefficient (Wildman–Crippen LogP) is 4.78. The fourth-order valence-electron chi connectivity index (χ4n) is 3.45. The van der Waals surface area contributed by atoms with Crippen LogP contribution < -0.4 is 11.1 Å². The molecule has 8 heteroatoms. The van der Waals surface area contributed by atoms with Crippen molar-refractivity contribution in [1.82, 2.24) is 4.90 Å². The number of nitrogens with zero attached hydrogens (tertiary/aromatic N) is 3. The van der Waals surface area contributed by atoms with Crippen LogP contribution in [0.25, 0.3) is 0 Å². The Morgan fingerprint density at radius 2 is 2.00 bits per heavy atom. The van der Waals surface area contributed by atoms with Crippen LogP contribution in [0, 0.1) is 18.3 Å². The van der Waals surface area contributed by atoms with E-state index in [4.69, 9.17) is 5.73 Å². The number of allylic oxidation sites excluding steroid dienone is 2. The molecule has 2 heterocycles. The Morgan fingerprint density at radius 1 is 1.27 bits per heavy atom. The van der Waals surface area contributed by atoms with Crippen LogP contribution in [0.5, 0.6) is 0 Å². The highest BCUT2D eigenvalue weighted by Crippen LogP contribution is 2.45. The zero-order valence-corrected chi connectivity index (χ0v) is 18.7. The molecular formula is C22H18BrN5OS. The number of amidine groups is 1. The third-order valence-electron chi connectivity index (χ3n) is 4.97. The van der Waals surface area contributed by atoms with Crippen molar-refractivity contribution in [2.45, 2.75) is 19.9 Å². The summed E-state index contributed by atoms with van der Waals surface area (Å²) in [5, 5.41) is 13.0. The molecule has 2 aromatic rings. The third-order valence-corrected chi connectivity index (χ3v) is 6.80. The number of hydrogen-bond acceptors (Lipinski definition) is 6. The summed E-state index contributed by atoms with van der Waals surface area (Å²) in [4.78, 5) is 20.1. The first-order valence-electron chi connectivity index (χ1n) is 9.19. The fourth-order valence-corrected chi connectivity index (χ4v) is 4.76. The molecule has 150 valence electrons. The number of aryl methyl sites for hydroxylation is 1. The molecule has 1 amide bonds. The van der Waals surface area contributed by atoms with Gasteiger partial charge in [0.25, 0.3) is 5.91 Å². The number of aliphatic imine (C=N–C) groups is 1. The number of nitrogens with one attached hydrogen (secondary N) is 1. The molecular weight excluding hydrogens is 462 g/mol. The Kier molecular flexibility index (Phi) is 5.41.